The highest BCUT2D eigenvalue weighted by Crippen LogP contribution is 2.35. The van der Waals surface area contributed by atoms with Crippen molar-refractivity contribution in [3.8, 4) is 0 Å². The van der Waals surface area contributed by atoms with Gasteiger partial charge in [0.1, 0.15) is 0 Å². The van der Waals surface area contributed by atoms with E-state index in [0.717, 1.165) is 0 Å². The van der Waals surface area contributed by atoms with Gasteiger partial charge in [-0.05, 0) is 115 Å². The Bertz CT molecular complexity index is 1360. The topological polar surface area (TPSA) is 0 Å². The SMILES string of the molecule is CSc1ccc(Sc2ccc(Sc3ccc(Sc4ccc(Sc5ccccc5)cc4)cc3)cc2)cc1. The molecule has 0 bridgehead atoms. The third-order valence-electron chi connectivity index (χ3n) is 5.22. The number of thioether (sulfide) groups is 1. The molecular formula is C31H24S5. The lowest BCUT2D eigenvalue weighted by Crippen LogP contribution is -1.78. The lowest BCUT2D eigenvalue weighted by molar-refractivity contribution is 1.30. The molecule has 0 atom stereocenters. The first-order valence-electron chi connectivity index (χ1n) is 11.4. The second-order valence-corrected chi connectivity index (χ2v) is 13.3. The molecule has 0 nitrogen and oxygen atoms in total. The van der Waals surface area contributed by atoms with Crippen molar-refractivity contribution < 1.29 is 0 Å². The molecule has 5 heteroatoms. The minimum atomic E-state index is 1.25. The molecule has 5 aromatic carbocycles. The summed E-state index contributed by atoms with van der Waals surface area (Å²) in [6, 6.07) is 45.7. The normalized spacial score (nSPS) is 10.9. The molecule has 0 radical (unpaired) electrons. The predicted octanol–water partition coefficient (Wildman–Crippen LogP) is 11.0. The second kappa shape index (κ2) is 12.9. The molecule has 0 aliphatic rings. The van der Waals surface area contributed by atoms with Gasteiger partial charge in [0, 0.05) is 44.1 Å². The van der Waals surface area contributed by atoms with Crippen LogP contribution < -0.4 is 0 Å². The average molecular weight is 557 g/mol. The van der Waals surface area contributed by atoms with Gasteiger partial charge < -0.3 is 0 Å². The van der Waals surface area contributed by atoms with Gasteiger partial charge >= 0.3 is 0 Å². The highest BCUT2D eigenvalue weighted by Gasteiger charge is 2.04. The highest BCUT2D eigenvalue weighted by atomic mass is 32.2. The van der Waals surface area contributed by atoms with Crippen LogP contribution in [0, 0.1) is 0 Å². The van der Waals surface area contributed by atoms with Gasteiger partial charge in [0.2, 0.25) is 0 Å². The summed E-state index contributed by atoms with van der Waals surface area (Å²) in [4.78, 5) is 11.4. The average Bonchev–Trinajstić information content (AvgIpc) is 2.93. The minimum Gasteiger partial charge on any atom is -0.130 e. The number of rotatable bonds is 9. The molecule has 0 spiro atoms. The van der Waals surface area contributed by atoms with Crippen LogP contribution in [-0.2, 0) is 0 Å². The molecule has 0 heterocycles. The first-order valence-corrected chi connectivity index (χ1v) is 15.9. The quantitative estimate of drug-likeness (QED) is 0.165. The summed E-state index contributed by atoms with van der Waals surface area (Å²) in [5.41, 5.74) is 0. The van der Waals surface area contributed by atoms with Crippen LogP contribution in [-0.4, -0.2) is 6.26 Å². The van der Waals surface area contributed by atoms with E-state index in [1.807, 2.05) is 0 Å². The third kappa shape index (κ3) is 7.44. The van der Waals surface area contributed by atoms with Crippen LogP contribution in [0.2, 0.25) is 0 Å². The Balaban J connectivity index is 1.14. The number of hydrogen-bond acceptors (Lipinski definition) is 5. The van der Waals surface area contributed by atoms with Crippen LogP contribution in [0.5, 0.6) is 0 Å². The molecule has 0 unspecified atom stereocenters. The molecule has 5 aromatic rings. The molecule has 0 fully saturated rings. The predicted molar refractivity (Wildman–Crippen MR) is 160 cm³/mol. The van der Waals surface area contributed by atoms with E-state index in [4.69, 9.17) is 0 Å². The van der Waals surface area contributed by atoms with Crippen molar-refractivity contribution in [3.63, 3.8) is 0 Å². The lowest BCUT2D eigenvalue weighted by atomic mass is 10.3. The van der Waals surface area contributed by atoms with E-state index >= 15 is 0 Å². The third-order valence-corrected chi connectivity index (χ3v) is 10.0. The fraction of sp³-hybridized carbons (Fsp3) is 0.0323. The van der Waals surface area contributed by atoms with Crippen molar-refractivity contribution in [2.75, 3.05) is 6.26 Å². The summed E-state index contributed by atoms with van der Waals surface area (Å²) in [7, 11) is 0. The fourth-order valence-corrected chi connectivity index (χ4v) is 7.10. The van der Waals surface area contributed by atoms with E-state index < -0.39 is 0 Å². The maximum atomic E-state index is 2.21. The van der Waals surface area contributed by atoms with Gasteiger partial charge in [0.25, 0.3) is 0 Å². The molecular weight excluding hydrogens is 533 g/mol. The van der Waals surface area contributed by atoms with Gasteiger partial charge in [-0.15, -0.1) is 11.8 Å². The van der Waals surface area contributed by atoms with E-state index in [1.54, 1.807) is 58.8 Å². The van der Waals surface area contributed by atoms with E-state index in [1.165, 1.54) is 44.1 Å². The Kier molecular flexibility index (Phi) is 9.13. The molecule has 0 aliphatic carbocycles. The summed E-state index contributed by atoms with van der Waals surface area (Å²) in [5.74, 6) is 0. The largest absolute Gasteiger partial charge is 0.130 e. The molecule has 0 amide bonds. The van der Waals surface area contributed by atoms with E-state index in [9.17, 15) is 0 Å². The van der Waals surface area contributed by atoms with Gasteiger partial charge in [-0.3, -0.25) is 0 Å². The molecule has 178 valence electrons. The lowest BCUT2D eigenvalue weighted by Gasteiger charge is -2.07. The Hall–Kier alpha value is -2.15. The van der Waals surface area contributed by atoms with Gasteiger partial charge in [-0.2, -0.15) is 0 Å². The molecule has 0 saturated carbocycles. The van der Waals surface area contributed by atoms with Crippen molar-refractivity contribution in [1.82, 2.24) is 0 Å². The van der Waals surface area contributed by atoms with E-state index in [-0.39, 0.29) is 0 Å². The zero-order chi connectivity index (χ0) is 24.6. The molecule has 36 heavy (non-hydrogen) atoms. The Morgan fingerprint density at radius 1 is 0.278 bits per heavy atom. The van der Waals surface area contributed by atoms with E-state index in [2.05, 4.69) is 134 Å². The molecule has 5 rings (SSSR count). The van der Waals surface area contributed by atoms with Crippen LogP contribution in [0.4, 0.5) is 0 Å². The van der Waals surface area contributed by atoms with Crippen LogP contribution in [0.3, 0.4) is 0 Å². The zero-order valence-electron chi connectivity index (χ0n) is 19.7. The summed E-state index contributed by atoms with van der Waals surface area (Å²) < 4.78 is 0. The van der Waals surface area contributed by atoms with Crippen LogP contribution in [0.25, 0.3) is 0 Å². The van der Waals surface area contributed by atoms with E-state index in [0.29, 0.717) is 0 Å². The van der Waals surface area contributed by atoms with Crippen LogP contribution in [0.1, 0.15) is 0 Å². The minimum absolute atomic E-state index is 1.25. The Morgan fingerprint density at radius 3 is 0.750 bits per heavy atom. The number of benzene rings is 5. The summed E-state index contributed by atoms with van der Waals surface area (Å²) in [6.07, 6.45) is 2.11. The number of hydrogen-bond donors (Lipinski definition) is 0. The molecule has 0 N–H and O–H groups in total. The monoisotopic (exact) mass is 556 g/mol. The van der Waals surface area contributed by atoms with Crippen molar-refractivity contribution in [2.45, 2.75) is 44.1 Å². The Labute approximate surface area is 235 Å². The highest BCUT2D eigenvalue weighted by molar-refractivity contribution is 8.00. The first-order chi connectivity index (χ1) is 17.7. The van der Waals surface area contributed by atoms with Gasteiger partial charge in [0.15, 0.2) is 0 Å². The maximum Gasteiger partial charge on any atom is 0.0123 e. The van der Waals surface area contributed by atoms with Gasteiger partial charge in [-0.25, -0.2) is 0 Å². The van der Waals surface area contributed by atoms with Crippen LogP contribution in [0.15, 0.2) is 171 Å². The maximum absolute atomic E-state index is 2.21. The summed E-state index contributed by atoms with van der Waals surface area (Å²) in [5, 5.41) is 0. The standard InChI is InChI=1S/C31H24S5/c1-32-23-7-9-25(10-8-23)34-27-15-17-29(18-16-27)36-31-21-19-30(20-22-31)35-28-13-11-26(12-14-28)33-24-5-3-2-4-6-24/h2-22H,1H3. The first kappa shape index (κ1) is 25.5. The van der Waals surface area contributed by atoms with Crippen molar-refractivity contribution in [3.05, 3.63) is 127 Å². The van der Waals surface area contributed by atoms with Crippen LogP contribution >= 0.6 is 58.8 Å². The molecule has 0 aliphatic heterocycles. The van der Waals surface area contributed by atoms with Gasteiger partial charge in [0.05, 0.1) is 0 Å². The molecule has 0 aromatic heterocycles. The van der Waals surface area contributed by atoms with Gasteiger partial charge in [-0.1, -0.05) is 65.2 Å². The summed E-state index contributed by atoms with van der Waals surface area (Å²) in [6.45, 7) is 0. The molecule has 0 saturated heterocycles. The fourth-order valence-electron chi connectivity index (χ4n) is 3.40. The van der Waals surface area contributed by atoms with Crippen molar-refractivity contribution in [1.29, 1.82) is 0 Å². The van der Waals surface area contributed by atoms with Crippen molar-refractivity contribution in [2.24, 2.45) is 0 Å². The smallest absolute Gasteiger partial charge is 0.0123 e. The van der Waals surface area contributed by atoms with Crippen molar-refractivity contribution >= 4 is 58.8 Å². The Morgan fingerprint density at radius 2 is 0.500 bits per heavy atom. The summed E-state index contributed by atoms with van der Waals surface area (Å²) >= 11 is 8.97. The zero-order valence-corrected chi connectivity index (χ0v) is 23.7. The second-order valence-electron chi connectivity index (χ2n) is 7.81.